The second kappa shape index (κ2) is 7.29. The molecule has 1 unspecified atom stereocenters. The Hall–Kier alpha value is -2.33. The molecular formula is C16H15F3N2O2. The highest BCUT2D eigenvalue weighted by Gasteiger charge is 2.29. The number of nitrogens with zero attached hydrogens (tertiary/aromatic N) is 1. The summed E-state index contributed by atoms with van der Waals surface area (Å²) < 4.78 is 42.8. The fraction of sp³-hybridized carbons (Fsp3) is 0.375. The van der Waals surface area contributed by atoms with Crippen molar-refractivity contribution in [3.63, 3.8) is 0 Å². The minimum Gasteiger partial charge on any atom is -0.376 e. The van der Waals surface area contributed by atoms with Crippen molar-refractivity contribution in [3.8, 4) is 6.07 Å². The molecule has 2 rings (SSSR count). The summed E-state index contributed by atoms with van der Waals surface area (Å²) in [5.74, 6) is -0.567. The number of carbonyl (C=O) groups excluding carboxylic acids is 1. The van der Waals surface area contributed by atoms with E-state index in [0.717, 1.165) is 25.0 Å². The Bertz CT molecular complexity index is 624. The summed E-state index contributed by atoms with van der Waals surface area (Å²) in [6.07, 6.45) is -1.42. The van der Waals surface area contributed by atoms with Gasteiger partial charge in [-0.3, -0.25) is 4.79 Å². The van der Waals surface area contributed by atoms with E-state index in [0.29, 0.717) is 18.7 Å². The maximum Gasteiger partial charge on any atom is 0.416 e. The first-order valence-corrected chi connectivity index (χ1v) is 7.09. The molecule has 1 fully saturated rings. The average Bonchev–Trinajstić information content (AvgIpc) is 3.03. The van der Waals surface area contributed by atoms with Crippen molar-refractivity contribution in [2.75, 3.05) is 13.2 Å². The number of nitriles is 1. The molecule has 0 aromatic heterocycles. The van der Waals surface area contributed by atoms with E-state index in [1.165, 1.54) is 18.2 Å². The Morgan fingerprint density at radius 2 is 2.09 bits per heavy atom. The number of carbonyl (C=O) groups is 1. The lowest BCUT2D eigenvalue weighted by atomic mass is 10.1. The fourth-order valence-corrected chi connectivity index (χ4v) is 2.19. The lowest BCUT2D eigenvalue weighted by molar-refractivity contribution is -0.137. The van der Waals surface area contributed by atoms with Crippen LogP contribution in [0, 0.1) is 11.3 Å². The number of alkyl halides is 3. The van der Waals surface area contributed by atoms with E-state index < -0.39 is 17.6 Å². The SMILES string of the molecule is N#CC(=Cc1ccc(C(F)(F)F)cc1)C(=O)NCC1CCCO1. The predicted octanol–water partition coefficient (Wildman–Crippen LogP) is 2.91. The van der Waals surface area contributed by atoms with E-state index in [1.54, 1.807) is 6.07 Å². The van der Waals surface area contributed by atoms with E-state index in [2.05, 4.69) is 5.32 Å². The van der Waals surface area contributed by atoms with Crippen LogP contribution >= 0.6 is 0 Å². The zero-order chi connectivity index (χ0) is 16.9. The van der Waals surface area contributed by atoms with Crippen molar-refractivity contribution in [2.45, 2.75) is 25.1 Å². The largest absolute Gasteiger partial charge is 0.416 e. The van der Waals surface area contributed by atoms with Gasteiger partial charge in [0, 0.05) is 13.2 Å². The Morgan fingerprint density at radius 1 is 1.39 bits per heavy atom. The predicted molar refractivity (Wildman–Crippen MR) is 77.0 cm³/mol. The maximum absolute atomic E-state index is 12.5. The molecule has 1 N–H and O–H groups in total. The van der Waals surface area contributed by atoms with E-state index in [-0.39, 0.29) is 11.7 Å². The van der Waals surface area contributed by atoms with Gasteiger partial charge < -0.3 is 10.1 Å². The number of hydrogen-bond acceptors (Lipinski definition) is 3. The molecule has 122 valence electrons. The second-order valence-corrected chi connectivity index (χ2v) is 5.13. The number of halogens is 3. The molecule has 0 spiro atoms. The molecule has 0 saturated carbocycles. The molecule has 1 atom stereocenters. The van der Waals surface area contributed by atoms with Crippen molar-refractivity contribution < 1.29 is 22.7 Å². The molecule has 0 bridgehead atoms. The summed E-state index contributed by atoms with van der Waals surface area (Å²) in [4.78, 5) is 11.9. The summed E-state index contributed by atoms with van der Waals surface area (Å²) in [5, 5.41) is 11.6. The summed E-state index contributed by atoms with van der Waals surface area (Å²) >= 11 is 0. The van der Waals surface area contributed by atoms with Crippen LogP contribution in [0.15, 0.2) is 29.8 Å². The van der Waals surface area contributed by atoms with Crippen LogP contribution < -0.4 is 5.32 Å². The highest BCUT2D eigenvalue weighted by molar-refractivity contribution is 6.01. The maximum atomic E-state index is 12.5. The van der Waals surface area contributed by atoms with Gasteiger partial charge in [-0.1, -0.05) is 12.1 Å². The third-order valence-electron chi connectivity index (χ3n) is 3.43. The first-order valence-electron chi connectivity index (χ1n) is 7.09. The fourth-order valence-electron chi connectivity index (χ4n) is 2.19. The number of rotatable bonds is 4. The van der Waals surface area contributed by atoms with Crippen LogP contribution in [0.1, 0.15) is 24.0 Å². The van der Waals surface area contributed by atoms with Gasteiger partial charge in [-0.15, -0.1) is 0 Å². The Morgan fingerprint density at radius 3 is 2.61 bits per heavy atom. The topological polar surface area (TPSA) is 62.1 Å². The van der Waals surface area contributed by atoms with E-state index in [1.807, 2.05) is 0 Å². The summed E-state index contributed by atoms with van der Waals surface area (Å²) in [7, 11) is 0. The Balaban J connectivity index is 2.02. The smallest absolute Gasteiger partial charge is 0.376 e. The number of amides is 1. The van der Waals surface area contributed by atoms with Gasteiger partial charge in [0.25, 0.3) is 5.91 Å². The lowest BCUT2D eigenvalue weighted by Crippen LogP contribution is -2.32. The number of ether oxygens (including phenoxy) is 1. The molecule has 1 aliphatic heterocycles. The van der Waals surface area contributed by atoms with Crippen molar-refractivity contribution >= 4 is 12.0 Å². The third kappa shape index (κ3) is 4.83. The van der Waals surface area contributed by atoms with Gasteiger partial charge >= 0.3 is 6.18 Å². The minimum absolute atomic E-state index is 0.0510. The highest BCUT2D eigenvalue weighted by Crippen LogP contribution is 2.29. The monoisotopic (exact) mass is 324 g/mol. The number of benzene rings is 1. The Kier molecular flexibility index (Phi) is 5.40. The number of hydrogen-bond donors (Lipinski definition) is 1. The van der Waals surface area contributed by atoms with Crippen LogP contribution in [-0.4, -0.2) is 25.2 Å². The van der Waals surface area contributed by atoms with Crippen molar-refractivity contribution in [1.29, 1.82) is 5.26 Å². The standard InChI is InChI=1S/C16H15F3N2O2/c17-16(18,19)13-5-3-11(4-6-13)8-12(9-20)15(22)21-10-14-2-1-7-23-14/h3-6,8,14H,1-2,7,10H2,(H,21,22). The molecule has 0 radical (unpaired) electrons. The zero-order valence-corrected chi connectivity index (χ0v) is 12.2. The van der Waals surface area contributed by atoms with Crippen LogP contribution in [0.25, 0.3) is 6.08 Å². The molecule has 1 aromatic carbocycles. The molecule has 0 aliphatic carbocycles. The van der Waals surface area contributed by atoms with Crippen LogP contribution in [0.2, 0.25) is 0 Å². The van der Waals surface area contributed by atoms with Gasteiger partial charge in [0.15, 0.2) is 0 Å². The van der Waals surface area contributed by atoms with E-state index in [9.17, 15) is 18.0 Å². The normalized spacial score (nSPS) is 18.5. The average molecular weight is 324 g/mol. The first kappa shape index (κ1) is 17.0. The molecule has 4 nitrogen and oxygen atoms in total. The second-order valence-electron chi connectivity index (χ2n) is 5.13. The van der Waals surface area contributed by atoms with Crippen LogP contribution in [0.3, 0.4) is 0 Å². The van der Waals surface area contributed by atoms with Crippen LogP contribution in [-0.2, 0) is 15.7 Å². The van der Waals surface area contributed by atoms with Gasteiger partial charge in [-0.05, 0) is 36.6 Å². The molecular weight excluding hydrogens is 309 g/mol. The van der Waals surface area contributed by atoms with Gasteiger partial charge in [0.05, 0.1) is 11.7 Å². The van der Waals surface area contributed by atoms with Gasteiger partial charge in [-0.2, -0.15) is 18.4 Å². The minimum atomic E-state index is -4.42. The van der Waals surface area contributed by atoms with Gasteiger partial charge in [0.1, 0.15) is 11.6 Å². The molecule has 7 heteroatoms. The van der Waals surface area contributed by atoms with Crippen molar-refractivity contribution in [1.82, 2.24) is 5.32 Å². The molecule has 1 aromatic rings. The molecule has 23 heavy (non-hydrogen) atoms. The highest BCUT2D eigenvalue weighted by atomic mass is 19.4. The summed E-state index contributed by atoms with van der Waals surface area (Å²) in [6, 6.07) is 6.00. The number of nitrogens with one attached hydrogen (secondary N) is 1. The van der Waals surface area contributed by atoms with Crippen LogP contribution in [0.5, 0.6) is 0 Å². The van der Waals surface area contributed by atoms with Gasteiger partial charge in [-0.25, -0.2) is 0 Å². The zero-order valence-electron chi connectivity index (χ0n) is 12.2. The van der Waals surface area contributed by atoms with Gasteiger partial charge in [0.2, 0.25) is 0 Å². The summed E-state index contributed by atoms with van der Waals surface area (Å²) in [5.41, 5.74) is -0.597. The molecule has 1 saturated heterocycles. The molecule has 1 amide bonds. The lowest BCUT2D eigenvalue weighted by Gasteiger charge is -2.10. The van der Waals surface area contributed by atoms with Crippen molar-refractivity contribution in [2.24, 2.45) is 0 Å². The summed E-state index contributed by atoms with van der Waals surface area (Å²) in [6.45, 7) is 0.970. The van der Waals surface area contributed by atoms with Crippen LogP contribution in [0.4, 0.5) is 13.2 Å². The molecule has 1 heterocycles. The quantitative estimate of drug-likeness (QED) is 0.684. The Labute approximate surface area is 131 Å². The first-order chi connectivity index (χ1) is 10.9. The van der Waals surface area contributed by atoms with E-state index >= 15 is 0 Å². The van der Waals surface area contributed by atoms with Crippen molar-refractivity contribution in [3.05, 3.63) is 41.0 Å². The third-order valence-corrected chi connectivity index (χ3v) is 3.43. The van der Waals surface area contributed by atoms with E-state index in [4.69, 9.17) is 10.00 Å². The molecule has 1 aliphatic rings.